The fourth-order valence-electron chi connectivity index (χ4n) is 2.11. The van der Waals surface area contributed by atoms with Gasteiger partial charge in [0.1, 0.15) is 0 Å². The quantitative estimate of drug-likeness (QED) is 0.681. The molecule has 0 radical (unpaired) electrons. The first-order chi connectivity index (χ1) is 9.18. The topological polar surface area (TPSA) is 32.9 Å². The van der Waals surface area contributed by atoms with E-state index in [9.17, 15) is 4.79 Å². The molecular formula is C15H9Cl2NO. The molecule has 1 aromatic heterocycles. The maximum Gasteiger partial charge on any atom is 0.196 e. The molecule has 0 spiro atoms. The van der Waals surface area contributed by atoms with Gasteiger partial charge in [0.15, 0.2) is 5.78 Å². The number of aromatic amines is 1. The normalized spacial score (nSPS) is 10.8. The van der Waals surface area contributed by atoms with Crippen molar-refractivity contribution in [3.05, 3.63) is 69.8 Å². The summed E-state index contributed by atoms with van der Waals surface area (Å²) in [5, 5.41) is 1.72. The number of hydrogen-bond donors (Lipinski definition) is 1. The molecule has 2 nitrogen and oxygen atoms in total. The van der Waals surface area contributed by atoms with Crippen molar-refractivity contribution in [1.29, 1.82) is 0 Å². The van der Waals surface area contributed by atoms with Crippen LogP contribution in [0.3, 0.4) is 0 Å². The summed E-state index contributed by atoms with van der Waals surface area (Å²) < 4.78 is 0. The second-order valence-electron chi connectivity index (χ2n) is 4.17. The molecule has 19 heavy (non-hydrogen) atoms. The third kappa shape index (κ3) is 2.03. The molecule has 0 aliphatic heterocycles. The summed E-state index contributed by atoms with van der Waals surface area (Å²) in [5.74, 6) is -0.134. The minimum atomic E-state index is -0.134. The Hall–Kier alpha value is -1.77. The van der Waals surface area contributed by atoms with E-state index in [0.717, 1.165) is 10.9 Å². The van der Waals surface area contributed by atoms with Gasteiger partial charge in [0, 0.05) is 28.2 Å². The van der Waals surface area contributed by atoms with Gasteiger partial charge in [-0.1, -0.05) is 41.4 Å². The van der Waals surface area contributed by atoms with Gasteiger partial charge >= 0.3 is 0 Å². The lowest BCUT2D eigenvalue weighted by atomic mass is 10.0. The molecule has 0 aliphatic rings. The lowest BCUT2D eigenvalue weighted by molar-refractivity contribution is 0.104. The van der Waals surface area contributed by atoms with Crippen molar-refractivity contribution in [2.45, 2.75) is 0 Å². The van der Waals surface area contributed by atoms with Crippen molar-refractivity contribution < 1.29 is 4.79 Å². The molecule has 0 atom stereocenters. The Morgan fingerprint density at radius 3 is 2.42 bits per heavy atom. The molecule has 0 saturated carbocycles. The highest BCUT2D eigenvalue weighted by Gasteiger charge is 2.17. The Morgan fingerprint density at radius 2 is 1.63 bits per heavy atom. The van der Waals surface area contributed by atoms with Gasteiger partial charge in [-0.3, -0.25) is 4.79 Å². The van der Waals surface area contributed by atoms with Gasteiger partial charge in [0.2, 0.25) is 0 Å². The first-order valence-corrected chi connectivity index (χ1v) is 6.49. The van der Waals surface area contributed by atoms with E-state index in [0.29, 0.717) is 21.2 Å². The van der Waals surface area contributed by atoms with Crippen LogP contribution in [0.4, 0.5) is 0 Å². The molecule has 1 heterocycles. The van der Waals surface area contributed by atoms with Gasteiger partial charge in [-0.05, 0) is 24.3 Å². The van der Waals surface area contributed by atoms with Crippen molar-refractivity contribution in [2.24, 2.45) is 0 Å². The zero-order chi connectivity index (χ0) is 13.4. The molecule has 3 rings (SSSR count). The minimum Gasteiger partial charge on any atom is -0.360 e. The lowest BCUT2D eigenvalue weighted by Gasteiger charge is -2.03. The molecule has 94 valence electrons. The van der Waals surface area contributed by atoms with Gasteiger partial charge in [0.05, 0.1) is 10.0 Å². The van der Waals surface area contributed by atoms with Crippen molar-refractivity contribution in [2.75, 3.05) is 0 Å². The zero-order valence-electron chi connectivity index (χ0n) is 9.78. The van der Waals surface area contributed by atoms with Gasteiger partial charge in [-0.15, -0.1) is 0 Å². The number of aromatic nitrogens is 1. The predicted octanol–water partition coefficient (Wildman–Crippen LogP) is 4.71. The van der Waals surface area contributed by atoms with Crippen molar-refractivity contribution in [1.82, 2.24) is 4.98 Å². The number of hydrogen-bond acceptors (Lipinski definition) is 1. The maximum atomic E-state index is 12.5. The molecule has 4 heteroatoms. The number of ketones is 1. The van der Waals surface area contributed by atoms with Crippen LogP contribution in [0.2, 0.25) is 10.0 Å². The van der Waals surface area contributed by atoms with E-state index in [2.05, 4.69) is 4.98 Å². The molecular weight excluding hydrogens is 281 g/mol. The van der Waals surface area contributed by atoms with E-state index in [1.165, 1.54) is 0 Å². The first kappa shape index (κ1) is 12.3. The minimum absolute atomic E-state index is 0.134. The summed E-state index contributed by atoms with van der Waals surface area (Å²) in [7, 11) is 0. The van der Waals surface area contributed by atoms with Crippen LogP contribution in [0.15, 0.2) is 48.7 Å². The summed E-state index contributed by atoms with van der Waals surface area (Å²) in [6.45, 7) is 0. The van der Waals surface area contributed by atoms with Crippen molar-refractivity contribution in [3.8, 4) is 0 Å². The molecule has 0 fully saturated rings. The summed E-state index contributed by atoms with van der Waals surface area (Å²) in [4.78, 5) is 15.6. The maximum absolute atomic E-state index is 12.5. The van der Waals surface area contributed by atoms with Crippen molar-refractivity contribution in [3.63, 3.8) is 0 Å². The number of carbonyl (C=O) groups excluding carboxylic acids is 1. The predicted molar refractivity (Wildman–Crippen MR) is 78.2 cm³/mol. The monoisotopic (exact) mass is 289 g/mol. The smallest absolute Gasteiger partial charge is 0.196 e. The Kier molecular flexibility index (Phi) is 3.05. The second kappa shape index (κ2) is 4.72. The average molecular weight is 290 g/mol. The summed E-state index contributed by atoms with van der Waals surface area (Å²) in [6, 6.07) is 12.5. The molecule has 0 unspecified atom stereocenters. The Labute approximate surface area is 120 Å². The van der Waals surface area contributed by atoms with Crippen molar-refractivity contribution >= 4 is 39.9 Å². The van der Waals surface area contributed by atoms with Crippen LogP contribution < -0.4 is 0 Å². The lowest BCUT2D eigenvalue weighted by Crippen LogP contribution is -2.01. The third-order valence-corrected chi connectivity index (χ3v) is 3.66. The van der Waals surface area contributed by atoms with E-state index in [1.807, 2.05) is 12.1 Å². The molecule has 3 aromatic rings. The van der Waals surface area contributed by atoms with Gasteiger partial charge in [-0.25, -0.2) is 0 Å². The van der Waals surface area contributed by atoms with E-state index in [-0.39, 0.29) is 5.78 Å². The Bertz CT molecular complexity index is 777. The number of benzene rings is 2. The van der Waals surface area contributed by atoms with E-state index in [4.69, 9.17) is 23.2 Å². The number of rotatable bonds is 2. The van der Waals surface area contributed by atoms with Crippen LogP contribution in [0, 0.1) is 0 Å². The zero-order valence-corrected chi connectivity index (χ0v) is 11.3. The Morgan fingerprint density at radius 1 is 0.895 bits per heavy atom. The molecule has 0 amide bonds. The highest BCUT2D eigenvalue weighted by molar-refractivity contribution is 6.39. The molecule has 1 N–H and O–H groups in total. The number of carbonyl (C=O) groups is 1. The van der Waals surface area contributed by atoms with Crippen LogP contribution in [0.5, 0.6) is 0 Å². The van der Waals surface area contributed by atoms with Crippen LogP contribution in [-0.2, 0) is 0 Å². The fourth-order valence-corrected chi connectivity index (χ4v) is 2.61. The number of nitrogens with one attached hydrogen (secondary N) is 1. The standard InChI is InChI=1S/C15H9Cl2NO/c16-11-5-2-1-4-9(11)15(19)10-8-18-13-7-3-6-12(17)14(10)13/h1-8,18H. The van der Waals surface area contributed by atoms with Gasteiger partial charge < -0.3 is 4.98 Å². The van der Waals surface area contributed by atoms with Crippen LogP contribution in [-0.4, -0.2) is 10.8 Å². The second-order valence-corrected chi connectivity index (χ2v) is 4.99. The van der Waals surface area contributed by atoms with E-state index in [1.54, 1.807) is 36.5 Å². The van der Waals surface area contributed by atoms with Crippen LogP contribution >= 0.6 is 23.2 Å². The molecule has 2 aromatic carbocycles. The van der Waals surface area contributed by atoms with Crippen LogP contribution in [0.25, 0.3) is 10.9 Å². The highest BCUT2D eigenvalue weighted by atomic mass is 35.5. The first-order valence-electron chi connectivity index (χ1n) is 5.73. The molecule has 0 saturated heterocycles. The summed E-state index contributed by atoms with van der Waals surface area (Å²) >= 11 is 12.2. The molecule has 0 aliphatic carbocycles. The summed E-state index contributed by atoms with van der Waals surface area (Å²) in [6.07, 6.45) is 1.67. The molecule has 0 bridgehead atoms. The summed E-state index contributed by atoms with van der Waals surface area (Å²) in [5.41, 5.74) is 1.85. The number of H-pyrrole nitrogens is 1. The Balaban J connectivity index is 2.21. The number of halogens is 2. The highest BCUT2D eigenvalue weighted by Crippen LogP contribution is 2.29. The van der Waals surface area contributed by atoms with Crippen LogP contribution in [0.1, 0.15) is 15.9 Å². The van der Waals surface area contributed by atoms with Gasteiger partial charge in [-0.2, -0.15) is 0 Å². The largest absolute Gasteiger partial charge is 0.360 e. The number of fused-ring (bicyclic) bond motifs is 1. The van der Waals surface area contributed by atoms with Gasteiger partial charge in [0.25, 0.3) is 0 Å². The SMILES string of the molecule is O=C(c1ccccc1Cl)c1c[nH]c2cccc(Cl)c12. The third-order valence-electron chi connectivity index (χ3n) is 3.02. The van der Waals surface area contributed by atoms with E-state index >= 15 is 0 Å². The fraction of sp³-hybridized carbons (Fsp3) is 0. The van der Waals surface area contributed by atoms with E-state index < -0.39 is 0 Å². The average Bonchev–Trinajstić information content (AvgIpc) is 2.84.